The third-order valence-electron chi connectivity index (χ3n) is 5.37. The number of carbonyl (C=O) groups is 1. The van der Waals surface area contributed by atoms with E-state index in [1.807, 2.05) is 24.4 Å². The van der Waals surface area contributed by atoms with E-state index in [-0.39, 0.29) is 17.2 Å². The lowest BCUT2D eigenvalue weighted by Crippen LogP contribution is -2.40. The summed E-state index contributed by atoms with van der Waals surface area (Å²) < 4.78 is 11.4. The van der Waals surface area contributed by atoms with Crippen LogP contribution in [-0.2, 0) is 15.6 Å². The third kappa shape index (κ3) is 5.71. The monoisotopic (exact) mass is 375 g/mol. The number of amides is 1. The predicted octanol–water partition coefficient (Wildman–Crippen LogP) is 5.37. The van der Waals surface area contributed by atoms with Crippen molar-refractivity contribution in [1.29, 1.82) is 0 Å². The van der Waals surface area contributed by atoms with Crippen LogP contribution < -0.4 is 0 Å². The van der Waals surface area contributed by atoms with Gasteiger partial charge in [-0.05, 0) is 43.0 Å². The van der Waals surface area contributed by atoms with Gasteiger partial charge in [0.15, 0.2) is 8.32 Å². The van der Waals surface area contributed by atoms with Crippen LogP contribution in [0.25, 0.3) is 0 Å². The molecule has 1 saturated heterocycles. The van der Waals surface area contributed by atoms with Crippen molar-refractivity contribution < 1.29 is 14.0 Å². The molecule has 0 aliphatic carbocycles. The van der Waals surface area contributed by atoms with Gasteiger partial charge < -0.3 is 9.16 Å². The summed E-state index contributed by atoms with van der Waals surface area (Å²) >= 11 is 0. The molecule has 1 aliphatic rings. The molecular formula is C21H33NO3Si. The van der Waals surface area contributed by atoms with Gasteiger partial charge in [0.2, 0.25) is 0 Å². The number of hydrogen-bond acceptors (Lipinski definition) is 3. The van der Waals surface area contributed by atoms with Gasteiger partial charge in [0.05, 0.1) is 6.04 Å². The number of benzene rings is 1. The van der Waals surface area contributed by atoms with Gasteiger partial charge >= 0.3 is 6.09 Å². The predicted molar refractivity (Wildman–Crippen MR) is 109 cm³/mol. The van der Waals surface area contributed by atoms with Crippen LogP contribution in [0.3, 0.4) is 0 Å². The molecule has 4 nitrogen and oxygen atoms in total. The minimum atomic E-state index is -1.66. The number of carbonyl (C=O) groups excluding carboxylic acids is 1. The fourth-order valence-corrected chi connectivity index (χ4v) is 3.72. The van der Waals surface area contributed by atoms with Crippen LogP contribution in [0, 0.1) is 0 Å². The van der Waals surface area contributed by atoms with Crippen LogP contribution >= 0.6 is 0 Å². The molecule has 0 aromatic heterocycles. The van der Waals surface area contributed by atoms with Gasteiger partial charge in [-0.3, -0.25) is 4.90 Å². The van der Waals surface area contributed by atoms with Gasteiger partial charge in [-0.2, -0.15) is 0 Å². The van der Waals surface area contributed by atoms with Crippen molar-refractivity contribution in [1.82, 2.24) is 4.90 Å². The lowest BCUT2D eigenvalue weighted by Gasteiger charge is -2.36. The Kier molecular flexibility index (Phi) is 7.06. The molecule has 1 atom stereocenters. The van der Waals surface area contributed by atoms with Crippen molar-refractivity contribution in [3.63, 3.8) is 0 Å². The normalized spacial score (nSPS) is 18.6. The molecular weight excluding hydrogens is 342 g/mol. The number of allylic oxidation sites excluding steroid dienone is 1. The van der Waals surface area contributed by atoms with E-state index in [9.17, 15) is 4.79 Å². The Morgan fingerprint density at radius 2 is 1.96 bits per heavy atom. The summed E-state index contributed by atoms with van der Waals surface area (Å²) in [4.78, 5) is 13.7. The third-order valence-corrected chi connectivity index (χ3v) is 9.91. The van der Waals surface area contributed by atoms with Gasteiger partial charge in [0.1, 0.15) is 6.61 Å². The highest BCUT2D eigenvalue weighted by atomic mass is 28.4. The lowest BCUT2D eigenvalue weighted by atomic mass is 10.1. The Bertz CT molecular complexity index is 607. The second-order valence-electron chi connectivity index (χ2n) is 8.46. The Balaban J connectivity index is 1.78. The first kappa shape index (κ1) is 20.7. The summed E-state index contributed by atoms with van der Waals surface area (Å²) in [5.74, 6) is 0. The van der Waals surface area contributed by atoms with E-state index < -0.39 is 8.32 Å². The number of hydrogen-bond donors (Lipinski definition) is 0. The van der Waals surface area contributed by atoms with E-state index in [1.54, 1.807) is 4.90 Å². The number of cyclic esters (lactones) is 1. The molecule has 0 unspecified atom stereocenters. The number of nitrogens with zero attached hydrogens (tertiary/aromatic N) is 1. The van der Waals surface area contributed by atoms with Crippen molar-refractivity contribution in [2.24, 2.45) is 0 Å². The van der Waals surface area contributed by atoms with Crippen molar-refractivity contribution in [2.45, 2.75) is 64.2 Å². The van der Waals surface area contributed by atoms with Gasteiger partial charge in [0.25, 0.3) is 0 Å². The first-order valence-electron chi connectivity index (χ1n) is 9.50. The molecule has 2 rings (SSSR count). The molecule has 5 heteroatoms. The summed E-state index contributed by atoms with van der Waals surface area (Å²) in [5.41, 5.74) is 1.22. The Labute approximate surface area is 159 Å². The van der Waals surface area contributed by atoms with Crippen LogP contribution in [0.5, 0.6) is 0 Å². The lowest BCUT2D eigenvalue weighted by molar-refractivity contribution is 0.166. The zero-order valence-corrected chi connectivity index (χ0v) is 17.8. The first-order valence-corrected chi connectivity index (χ1v) is 12.4. The first-order chi connectivity index (χ1) is 12.2. The zero-order chi connectivity index (χ0) is 19.2. The fourth-order valence-electron chi connectivity index (χ4n) is 2.63. The fraction of sp³-hybridized carbons (Fsp3) is 0.571. The molecule has 0 N–H and O–H groups in total. The highest BCUT2D eigenvalue weighted by molar-refractivity contribution is 6.74. The maximum atomic E-state index is 12.0. The minimum Gasteiger partial charge on any atom is -0.447 e. The van der Waals surface area contributed by atoms with Gasteiger partial charge in [-0.25, -0.2) is 4.79 Å². The van der Waals surface area contributed by atoms with Gasteiger partial charge in [-0.15, -0.1) is 0 Å². The van der Waals surface area contributed by atoms with E-state index in [0.29, 0.717) is 6.61 Å². The molecule has 0 saturated carbocycles. The summed E-state index contributed by atoms with van der Waals surface area (Å²) in [5, 5.41) is 0.243. The maximum absolute atomic E-state index is 12.0. The quantitative estimate of drug-likeness (QED) is 0.453. The highest BCUT2D eigenvalue weighted by Gasteiger charge is 2.36. The molecule has 0 radical (unpaired) electrons. The van der Waals surface area contributed by atoms with E-state index in [0.717, 1.165) is 25.9 Å². The Morgan fingerprint density at radius 3 is 2.62 bits per heavy atom. The summed E-state index contributed by atoms with van der Waals surface area (Å²) in [6, 6.07) is 10.3. The molecule has 26 heavy (non-hydrogen) atoms. The van der Waals surface area contributed by atoms with Crippen LogP contribution in [0.4, 0.5) is 4.79 Å². The maximum Gasteiger partial charge on any atom is 0.414 e. The second-order valence-corrected chi connectivity index (χ2v) is 13.3. The van der Waals surface area contributed by atoms with Crippen molar-refractivity contribution in [3.8, 4) is 0 Å². The highest BCUT2D eigenvalue weighted by Crippen LogP contribution is 2.36. The zero-order valence-electron chi connectivity index (χ0n) is 16.8. The molecule has 0 spiro atoms. The summed E-state index contributed by atoms with van der Waals surface area (Å²) in [6.45, 7) is 12.5. The van der Waals surface area contributed by atoms with Gasteiger partial charge in [0, 0.05) is 12.8 Å². The van der Waals surface area contributed by atoms with E-state index in [2.05, 4.69) is 52.1 Å². The molecule has 1 aromatic carbocycles. The number of unbranched alkanes of at least 4 members (excludes halogenated alkanes) is 1. The summed E-state index contributed by atoms with van der Waals surface area (Å²) in [6.07, 6.45) is 6.37. The van der Waals surface area contributed by atoms with Crippen molar-refractivity contribution in [3.05, 3.63) is 48.2 Å². The van der Waals surface area contributed by atoms with Crippen LogP contribution in [0.2, 0.25) is 18.1 Å². The molecule has 1 heterocycles. The Hall–Kier alpha value is -1.59. The standard InChI is InChI=1S/C21H33NO3Si/c1-21(2,3)26(4,5)25-15-11-7-10-14-22-19(17-24-20(22)23)16-18-12-8-6-9-13-18/h6,8-10,12-14,19H,7,11,15-17H2,1-5H3/b14-10+/t19-/m1/s1. The molecule has 1 fully saturated rings. The smallest absolute Gasteiger partial charge is 0.414 e. The number of ether oxygens (including phenoxy) is 1. The SMILES string of the molecule is CC(C)(C)[Si](C)(C)OCCC/C=C/N1C(=O)OC[C@H]1Cc1ccccc1. The molecule has 144 valence electrons. The Morgan fingerprint density at radius 1 is 1.27 bits per heavy atom. The molecule has 1 amide bonds. The average molecular weight is 376 g/mol. The number of rotatable bonds is 8. The van der Waals surface area contributed by atoms with Crippen molar-refractivity contribution in [2.75, 3.05) is 13.2 Å². The van der Waals surface area contributed by atoms with E-state index >= 15 is 0 Å². The van der Waals surface area contributed by atoms with Crippen molar-refractivity contribution >= 4 is 14.4 Å². The van der Waals surface area contributed by atoms with E-state index in [1.165, 1.54) is 5.56 Å². The van der Waals surface area contributed by atoms with Crippen LogP contribution in [0.1, 0.15) is 39.2 Å². The van der Waals surface area contributed by atoms with Crippen LogP contribution in [0.15, 0.2) is 42.6 Å². The van der Waals surface area contributed by atoms with Gasteiger partial charge in [-0.1, -0.05) is 57.2 Å². The molecule has 0 bridgehead atoms. The summed E-state index contributed by atoms with van der Waals surface area (Å²) in [7, 11) is -1.66. The second kappa shape index (κ2) is 8.87. The van der Waals surface area contributed by atoms with Crippen LogP contribution in [-0.4, -0.2) is 38.6 Å². The van der Waals surface area contributed by atoms with E-state index in [4.69, 9.17) is 9.16 Å². The average Bonchev–Trinajstić information content (AvgIpc) is 2.91. The minimum absolute atomic E-state index is 0.0737. The largest absolute Gasteiger partial charge is 0.447 e. The molecule has 1 aliphatic heterocycles. The topological polar surface area (TPSA) is 38.8 Å². The molecule has 1 aromatic rings.